The van der Waals surface area contributed by atoms with E-state index in [1.165, 1.54) is 41.1 Å². The minimum atomic E-state index is -0.509. The van der Waals surface area contributed by atoms with Gasteiger partial charge in [0.15, 0.2) is 0 Å². The summed E-state index contributed by atoms with van der Waals surface area (Å²) in [6.45, 7) is 0.306. The third kappa shape index (κ3) is 4.32. The molecule has 0 aliphatic heterocycles. The number of aromatic nitrogens is 2. The summed E-state index contributed by atoms with van der Waals surface area (Å²) >= 11 is 0. The number of amides is 1. The van der Waals surface area contributed by atoms with E-state index in [0.29, 0.717) is 12.2 Å². The second-order valence-electron chi connectivity index (χ2n) is 6.75. The van der Waals surface area contributed by atoms with Crippen LogP contribution < -0.4 is 5.32 Å². The lowest BCUT2D eigenvalue weighted by molar-refractivity contribution is -0.384. The minimum absolute atomic E-state index is 0.0830. The SMILES string of the molecule is O=C(NCc1ccccc1)c1cc(-c2ccccc2F)nn1-c1ccc([N+](=O)[O-])cc1. The number of carbonyl (C=O) groups is 1. The predicted octanol–water partition coefficient (Wildman–Crippen LogP) is 4.52. The molecule has 0 fully saturated rings. The lowest BCUT2D eigenvalue weighted by Crippen LogP contribution is -2.25. The van der Waals surface area contributed by atoms with Crippen molar-refractivity contribution in [3.05, 3.63) is 112 Å². The van der Waals surface area contributed by atoms with E-state index in [2.05, 4.69) is 10.4 Å². The van der Waals surface area contributed by atoms with Crippen LogP contribution >= 0.6 is 0 Å². The van der Waals surface area contributed by atoms with Crippen molar-refractivity contribution in [1.29, 1.82) is 0 Å². The fourth-order valence-corrected chi connectivity index (χ4v) is 3.12. The Morgan fingerprint density at radius 2 is 1.68 bits per heavy atom. The number of nitro groups is 1. The summed E-state index contributed by atoms with van der Waals surface area (Å²) in [5, 5.41) is 18.2. The van der Waals surface area contributed by atoms with Crippen molar-refractivity contribution in [1.82, 2.24) is 15.1 Å². The Kier molecular flexibility index (Phi) is 5.53. The number of hydrogen-bond acceptors (Lipinski definition) is 4. The molecule has 31 heavy (non-hydrogen) atoms. The van der Waals surface area contributed by atoms with Gasteiger partial charge in [0.05, 0.1) is 16.3 Å². The van der Waals surface area contributed by atoms with Gasteiger partial charge in [-0.2, -0.15) is 5.10 Å². The number of rotatable bonds is 6. The molecule has 4 rings (SSSR count). The van der Waals surface area contributed by atoms with Crippen molar-refractivity contribution in [2.75, 3.05) is 0 Å². The van der Waals surface area contributed by atoms with E-state index in [-0.39, 0.29) is 22.6 Å². The molecule has 1 amide bonds. The van der Waals surface area contributed by atoms with E-state index in [1.54, 1.807) is 18.2 Å². The molecular formula is C23H17FN4O3. The molecule has 4 aromatic rings. The Labute approximate surface area is 176 Å². The number of nitrogens with one attached hydrogen (secondary N) is 1. The molecule has 154 valence electrons. The Bertz CT molecular complexity index is 1240. The molecule has 0 unspecified atom stereocenters. The molecule has 8 heteroatoms. The van der Waals surface area contributed by atoms with Gasteiger partial charge in [-0.05, 0) is 35.9 Å². The van der Waals surface area contributed by atoms with Crippen LogP contribution in [-0.4, -0.2) is 20.6 Å². The molecular weight excluding hydrogens is 399 g/mol. The smallest absolute Gasteiger partial charge is 0.270 e. The Hall–Kier alpha value is -4.33. The Morgan fingerprint density at radius 3 is 2.35 bits per heavy atom. The van der Waals surface area contributed by atoms with Crippen LogP contribution in [0.1, 0.15) is 16.1 Å². The van der Waals surface area contributed by atoms with Crippen LogP contribution in [-0.2, 0) is 6.54 Å². The molecule has 0 radical (unpaired) electrons. The zero-order valence-electron chi connectivity index (χ0n) is 16.2. The molecule has 0 saturated heterocycles. The van der Waals surface area contributed by atoms with E-state index in [1.807, 2.05) is 30.3 Å². The van der Waals surface area contributed by atoms with Gasteiger partial charge in [0.1, 0.15) is 11.5 Å². The monoisotopic (exact) mass is 416 g/mol. The maximum atomic E-state index is 14.3. The van der Waals surface area contributed by atoms with E-state index < -0.39 is 16.6 Å². The van der Waals surface area contributed by atoms with Crippen molar-refractivity contribution in [2.45, 2.75) is 6.54 Å². The van der Waals surface area contributed by atoms with E-state index in [9.17, 15) is 19.3 Å². The summed E-state index contributed by atoms with van der Waals surface area (Å²) in [6.07, 6.45) is 0. The number of benzene rings is 3. The highest BCUT2D eigenvalue weighted by atomic mass is 19.1. The van der Waals surface area contributed by atoms with Crippen LogP contribution in [0.2, 0.25) is 0 Å². The number of non-ortho nitro benzene ring substituents is 1. The lowest BCUT2D eigenvalue weighted by atomic mass is 10.1. The average molecular weight is 416 g/mol. The summed E-state index contributed by atoms with van der Waals surface area (Å²) in [5.74, 6) is -0.871. The zero-order valence-corrected chi connectivity index (χ0v) is 16.2. The highest BCUT2D eigenvalue weighted by molar-refractivity contribution is 5.94. The van der Waals surface area contributed by atoms with Crippen LogP contribution in [0, 0.1) is 15.9 Å². The highest BCUT2D eigenvalue weighted by Crippen LogP contribution is 2.25. The molecule has 0 spiro atoms. The zero-order chi connectivity index (χ0) is 21.8. The molecule has 0 bridgehead atoms. The topological polar surface area (TPSA) is 90.1 Å². The number of nitro benzene ring substituents is 1. The van der Waals surface area contributed by atoms with E-state index in [4.69, 9.17) is 0 Å². The molecule has 1 N–H and O–H groups in total. The van der Waals surface area contributed by atoms with Crippen molar-refractivity contribution in [3.63, 3.8) is 0 Å². The Morgan fingerprint density at radius 1 is 1.00 bits per heavy atom. The van der Waals surface area contributed by atoms with Gasteiger partial charge >= 0.3 is 0 Å². The quantitative estimate of drug-likeness (QED) is 0.370. The lowest BCUT2D eigenvalue weighted by Gasteiger charge is -2.08. The van der Waals surface area contributed by atoms with Crippen molar-refractivity contribution in [3.8, 4) is 16.9 Å². The predicted molar refractivity (Wildman–Crippen MR) is 113 cm³/mol. The summed E-state index contributed by atoms with van der Waals surface area (Å²) < 4.78 is 15.7. The van der Waals surface area contributed by atoms with Crippen LogP contribution in [0.4, 0.5) is 10.1 Å². The fourth-order valence-electron chi connectivity index (χ4n) is 3.12. The minimum Gasteiger partial charge on any atom is -0.347 e. The van der Waals surface area contributed by atoms with Gasteiger partial charge in [-0.1, -0.05) is 42.5 Å². The summed E-state index contributed by atoms with van der Waals surface area (Å²) in [4.78, 5) is 23.4. The van der Waals surface area contributed by atoms with E-state index >= 15 is 0 Å². The summed E-state index contributed by atoms with van der Waals surface area (Å²) in [7, 11) is 0. The van der Waals surface area contributed by atoms with Gasteiger partial charge in [0.2, 0.25) is 0 Å². The molecule has 3 aromatic carbocycles. The molecule has 1 aromatic heterocycles. The van der Waals surface area contributed by atoms with E-state index in [0.717, 1.165) is 5.56 Å². The molecule has 0 aliphatic carbocycles. The van der Waals surface area contributed by atoms with Crippen LogP contribution in [0.15, 0.2) is 84.9 Å². The molecule has 0 saturated carbocycles. The maximum Gasteiger partial charge on any atom is 0.270 e. The standard InChI is InChI=1S/C23H17FN4O3/c24-20-9-5-4-8-19(20)21-14-22(23(29)25-15-16-6-2-1-3-7-16)27(26-21)17-10-12-18(13-11-17)28(30)31/h1-14H,15H2,(H,25,29). The molecule has 7 nitrogen and oxygen atoms in total. The second-order valence-corrected chi connectivity index (χ2v) is 6.75. The number of nitrogens with zero attached hydrogens (tertiary/aromatic N) is 3. The Balaban J connectivity index is 1.72. The van der Waals surface area contributed by atoms with Crippen LogP contribution in [0.5, 0.6) is 0 Å². The molecule has 0 atom stereocenters. The fraction of sp³-hybridized carbons (Fsp3) is 0.0435. The van der Waals surface area contributed by atoms with Gasteiger partial charge < -0.3 is 5.32 Å². The maximum absolute atomic E-state index is 14.3. The molecule has 1 heterocycles. The second kappa shape index (κ2) is 8.58. The summed E-state index contributed by atoms with van der Waals surface area (Å²) in [5.41, 5.74) is 1.99. The first-order valence-electron chi connectivity index (χ1n) is 9.45. The average Bonchev–Trinajstić information content (AvgIpc) is 3.24. The number of halogens is 1. The van der Waals surface area contributed by atoms with Crippen molar-refractivity contribution >= 4 is 11.6 Å². The van der Waals surface area contributed by atoms with Gasteiger partial charge in [-0.15, -0.1) is 0 Å². The largest absolute Gasteiger partial charge is 0.347 e. The number of hydrogen-bond donors (Lipinski definition) is 1. The third-order valence-electron chi connectivity index (χ3n) is 4.69. The van der Waals surface area contributed by atoms with Gasteiger partial charge in [0, 0.05) is 24.2 Å². The first-order valence-corrected chi connectivity index (χ1v) is 9.45. The van der Waals surface area contributed by atoms with Crippen LogP contribution in [0.25, 0.3) is 16.9 Å². The van der Waals surface area contributed by atoms with Gasteiger partial charge in [0.25, 0.3) is 11.6 Å². The van der Waals surface area contributed by atoms with Gasteiger partial charge in [-0.25, -0.2) is 9.07 Å². The first kappa shape index (κ1) is 20.0. The highest BCUT2D eigenvalue weighted by Gasteiger charge is 2.19. The van der Waals surface area contributed by atoms with Crippen molar-refractivity contribution < 1.29 is 14.1 Å². The number of carbonyl (C=O) groups excluding carboxylic acids is 1. The summed E-state index contributed by atoms with van der Waals surface area (Å²) in [6, 6.07) is 22.7. The van der Waals surface area contributed by atoms with Crippen molar-refractivity contribution in [2.24, 2.45) is 0 Å². The van der Waals surface area contributed by atoms with Gasteiger partial charge in [-0.3, -0.25) is 14.9 Å². The third-order valence-corrected chi connectivity index (χ3v) is 4.69. The first-order chi connectivity index (χ1) is 15.0. The van der Waals surface area contributed by atoms with Crippen LogP contribution in [0.3, 0.4) is 0 Å². The molecule has 0 aliphatic rings. The normalized spacial score (nSPS) is 10.6.